The van der Waals surface area contributed by atoms with E-state index in [9.17, 15) is 0 Å². The van der Waals surface area contributed by atoms with Crippen molar-refractivity contribution in [1.29, 1.82) is 0 Å². The van der Waals surface area contributed by atoms with E-state index in [4.69, 9.17) is 34.8 Å². The van der Waals surface area contributed by atoms with E-state index in [0.29, 0.717) is 32.1 Å². The quantitative estimate of drug-likeness (QED) is 0.445. The Morgan fingerprint density at radius 1 is 0.952 bits per heavy atom. The fourth-order valence-electron chi connectivity index (χ4n) is 2.08. The molecule has 0 saturated heterocycles. The predicted molar refractivity (Wildman–Crippen MR) is 92.4 cm³/mol. The van der Waals surface area contributed by atoms with Crippen molar-refractivity contribution in [3.8, 4) is 11.4 Å². The summed E-state index contributed by atoms with van der Waals surface area (Å²) < 4.78 is 0.886. The molecule has 21 heavy (non-hydrogen) atoms. The van der Waals surface area contributed by atoms with Gasteiger partial charge in [-0.2, -0.15) is 0 Å². The Hall–Kier alpha value is -0.870. The lowest BCUT2D eigenvalue weighted by atomic mass is 10.1. The number of nitrogens with zero attached hydrogens (tertiary/aromatic N) is 2. The molecule has 0 atom stereocenters. The smallest absolute Gasteiger partial charge is 0.163 e. The molecular weight excluding hydrogens is 394 g/mol. The summed E-state index contributed by atoms with van der Waals surface area (Å²) in [7, 11) is 0. The normalized spacial score (nSPS) is 11.1. The van der Waals surface area contributed by atoms with Crippen molar-refractivity contribution in [2.45, 2.75) is 6.92 Å². The van der Waals surface area contributed by atoms with E-state index < -0.39 is 0 Å². The Kier molecular flexibility index (Phi) is 4.10. The van der Waals surface area contributed by atoms with Crippen molar-refractivity contribution >= 4 is 61.6 Å². The van der Waals surface area contributed by atoms with Crippen LogP contribution in [0.5, 0.6) is 0 Å². The number of rotatable bonds is 1. The van der Waals surface area contributed by atoms with Crippen molar-refractivity contribution in [2.24, 2.45) is 0 Å². The molecule has 0 spiro atoms. The Balaban J connectivity index is 2.33. The third-order valence-corrected chi connectivity index (χ3v) is 4.42. The van der Waals surface area contributed by atoms with Gasteiger partial charge in [0.2, 0.25) is 0 Å². The van der Waals surface area contributed by atoms with Crippen molar-refractivity contribution < 1.29 is 0 Å². The third-order valence-electron chi connectivity index (χ3n) is 3.02. The number of benzene rings is 2. The molecule has 0 saturated carbocycles. The van der Waals surface area contributed by atoms with Crippen LogP contribution in [0, 0.1) is 6.92 Å². The number of aromatic nitrogens is 2. The highest BCUT2D eigenvalue weighted by Gasteiger charge is 2.13. The number of hydrogen-bond donors (Lipinski definition) is 0. The molecule has 3 aromatic rings. The van der Waals surface area contributed by atoms with Crippen LogP contribution in [0.4, 0.5) is 0 Å². The first-order valence-corrected chi connectivity index (χ1v) is 7.97. The van der Waals surface area contributed by atoms with E-state index in [0.717, 1.165) is 15.4 Å². The first-order valence-electron chi connectivity index (χ1n) is 6.04. The molecule has 0 fully saturated rings. The second-order valence-corrected chi connectivity index (χ2v) is 6.69. The molecule has 0 N–H and O–H groups in total. The largest absolute Gasteiger partial charge is 0.226 e. The van der Waals surface area contributed by atoms with Gasteiger partial charge in [-0.25, -0.2) is 9.97 Å². The summed E-state index contributed by atoms with van der Waals surface area (Å²) in [5.41, 5.74) is 2.33. The average molecular weight is 403 g/mol. The molecule has 106 valence electrons. The molecule has 1 aromatic heterocycles. The Bertz CT molecular complexity index is 865. The first-order chi connectivity index (χ1) is 9.95. The monoisotopic (exact) mass is 400 g/mol. The number of halogens is 4. The van der Waals surface area contributed by atoms with E-state index in [1.807, 2.05) is 31.2 Å². The van der Waals surface area contributed by atoms with E-state index in [2.05, 4.69) is 25.9 Å². The molecule has 2 aromatic carbocycles. The van der Waals surface area contributed by atoms with Gasteiger partial charge in [0.15, 0.2) is 5.82 Å². The Morgan fingerprint density at radius 3 is 2.48 bits per heavy atom. The summed E-state index contributed by atoms with van der Waals surface area (Å²) in [6, 6.07) is 9.24. The first kappa shape index (κ1) is 15.0. The molecule has 6 heteroatoms. The molecule has 0 amide bonds. The van der Waals surface area contributed by atoms with Crippen LogP contribution in [-0.2, 0) is 0 Å². The van der Waals surface area contributed by atoms with E-state index in [-0.39, 0.29) is 0 Å². The molecule has 0 unspecified atom stereocenters. The maximum Gasteiger partial charge on any atom is 0.163 e. The van der Waals surface area contributed by atoms with Crippen molar-refractivity contribution in [3.63, 3.8) is 0 Å². The average Bonchev–Trinajstić information content (AvgIpc) is 2.42. The predicted octanol–water partition coefficient (Wildman–Crippen LogP) is 6.33. The zero-order chi connectivity index (χ0) is 15.1. The van der Waals surface area contributed by atoms with Gasteiger partial charge < -0.3 is 0 Å². The molecule has 1 heterocycles. The van der Waals surface area contributed by atoms with Gasteiger partial charge in [-0.1, -0.05) is 50.7 Å². The van der Waals surface area contributed by atoms with Crippen LogP contribution in [0.3, 0.4) is 0 Å². The standard InChI is InChI=1S/C15H8BrCl3N2/c1-7-4-10-13(12(18)5-7)20-15(21-14(10)19)9-6-8(16)2-3-11(9)17/h2-6H,1H3. The van der Waals surface area contributed by atoms with Crippen molar-refractivity contribution in [3.05, 3.63) is 55.6 Å². The van der Waals surface area contributed by atoms with Gasteiger partial charge in [0.25, 0.3) is 0 Å². The molecule has 0 radical (unpaired) electrons. The van der Waals surface area contributed by atoms with Gasteiger partial charge in [-0.05, 0) is 42.8 Å². The number of fused-ring (bicyclic) bond motifs is 1. The van der Waals surface area contributed by atoms with Crippen LogP contribution in [-0.4, -0.2) is 9.97 Å². The minimum atomic E-state index is 0.358. The summed E-state index contributed by atoms with van der Waals surface area (Å²) in [5, 5.41) is 2.19. The fourth-order valence-corrected chi connectivity index (χ4v) is 3.18. The van der Waals surface area contributed by atoms with Gasteiger partial charge in [0, 0.05) is 15.4 Å². The van der Waals surface area contributed by atoms with E-state index >= 15 is 0 Å². The zero-order valence-electron chi connectivity index (χ0n) is 10.8. The van der Waals surface area contributed by atoms with Crippen LogP contribution in [0.25, 0.3) is 22.3 Å². The zero-order valence-corrected chi connectivity index (χ0v) is 14.6. The van der Waals surface area contributed by atoms with Gasteiger partial charge >= 0.3 is 0 Å². The van der Waals surface area contributed by atoms with Crippen LogP contribution in [0.1, 0.15) is 5.56 Å². The number of aryl methyl sites for hydroxylation is 1. The lowest BCUT2D eigenvalue weighted by Crippen LogP contribution is -1.94. The van der Waals surface area contributed by atoms with Crippen LogP contribution in [0.2, 0.25) is 15.2 Å². The van der Waals surface area contributed by atoms with Gasteiger partial charge in [-0.3, -0.25) is 0 Å². The van der Waals surface area contributed by atoms with E-state index in [1.165, 1.54) is 0 Å². The maximum atomic E-state index is 6.28. The second kappa shape index (κ2) is 5.73. The maximum absolute atomic E-state index is 6.28. The van der Waals surface area contributed by atoms with Gasteiger partial charge in [-0.15, -0.1) is 0 Å². The molecule has 0 aliphatic rings. The Morgan fingerprint density at radius 2 is 1.71 bits per heavy atom. The molecule has 3 rings (SSSR count). The summed E-state index contributed by atoms with van der Waals surface area (Å²) in [5.74, 6) is 0.449. The SMILES string of the molecule is Cc1cc(Cl)c2nc(-c3cc(Br)ccc3Cl)nc(Cl)c2c1. The lowest BCUT2D eigenvalue weighted by molar-refractivity contribution is 1.22. The highest BCUT2D eigenvalue weighted by atomic mass is 79.9. The molecule has 0 bridgehead atoms. The third kappa shape index (κ3) is 2.88. The van der Waals surface area contributed by atoms with Crippen molar-refractivity contribution in [2.75, 3.05) is 0 Å². The summed E-state index contributed by atoms with van der Waals surface area (Å²) in [6.07, 6.45) is 0. The minimum Gasteiger partial charge on any atom is -0.226 e. The molecular formula is C15H8BrCl3N2. The summed E-state index contributed by atoms with van der Waals surface area (Å²) in [4.78, 5) is 8.86. The van der Waals surface area contributed by atoms with Gasteiger partial charge in [0.05, 0.1) is 15.6 Å². The Labute approximate surface area is 145 Å². The van der Waals surface area contributed by atoms with Crippen LogP contribution in [0.15, 0.2) is 34.8 Å². The second-order valence-electron chi connectivity index (χ2n) is 4.61. The highest BCUT2D eigenvalue weighted by molar-refractivity contribution is 9.10. The number of hydrogen-bond acceptors (Lipinski definition) is 2. The fraction of sp³-hybridized carbons (Fsp3) is 0.0667. The van der Waals surface area contributed by atoms with Crippen LogP contribution >= 0.6 is 50.7 Å². The van der Waals surface area contributed by atoms with Crippen LogP contribution < -0.4 is 0 Å². The summed E-state index contributed by atoms with van der Waals surface area (Å²) >= 11 is 22.2. The minimum absolute atomic E-state index is 0.358. The lowest BCUT2D eigenvalue weighted by Gasteiger charge is -2.08. The highest BCUT2D eigenvalue weighted by Crippen LogP contribution is 2.33. The van der Waals surface area contributed by atoms with E-state index in [1.54, 1.807) is 6.07 Å². The molecule has 2 nitrogen and oxygen atoms in total. The van der Waals surface area contributed by atoms with Gasteiger partial charge in [0.1, 0.15) is 5.15 Å². The summed E-state index contributed by atoms with van der Waals surface area (Å²) in [6.45, 7) is 1.95. The molecule has 0 aliphatic carbocycles. The van der Waals surface area contributed by atoms with Crippen molar-refractivity contribution in [1.82, 2.24) is 9.97 Å². The topological polar surface area (TPSA) is 25.8 Å². The molecule has 0 aliphatic heterocycles.